The molecule has 0 radical (unpaired) electrons. The fourth-order valence-electron chi connectivity index (χ4n) is 8.51. The van der Waals surface area contributed by atoms with Crippen molar-refractivity contribution in [3.8, 4) is 22.5 Å². The topological polar surface area (TPSA) is 93.7 Å². The number of urea groups is 1. The van der Waals surface area contributed by atoms with Crippen molar-refractivity contribution in [3.63, 3.8) is 0 Å². The lowest BCUT2D eigenvalue weighted by molar-refractivity contribution is 0.190. The van der Waals surface area contributed by atoms with Crippen molar-refractivity contribution < 1.29 is 4.79 Å². The molecule has 2 amide bonds. The second-order valence-corrected chi connectivity index (χ2v) is 15.2. The van der Waals surface area contributed by atoms with Crippen LogP contribution in [-0.2, 0) is 0 Å². The second-order valence-electron chi connectivity index (χ2n) is 15.2. The van der Waals surface area contributed by atoms with E-state index in [2.05, 4.69) is 49.8 Å². The van der Waals surface area contributed by atoms with Crippen LogP contribution in [0.4, 0.5) is 16.3 Å². The minimum atomic E-state index is 0.137. The number of amides is 2. The molecule has 9 heterocycles. The molecule has 4 aromatic heterocycles. The Hall–Kier alpha value is -4.73. The summed E-state index contributed by atoms with van der Waals surface area (Å²) >= 11 is 0. The number of fused-ring (bicyclic) bond motifs is 7. The van der Waals surface area contributed by atoms with Gasteiger partial charge in [0.1, 0.15) is 12.6 Å². The average Bonchev–Trinajstić information content (AvgIpc) is 3.80. The Morgan fingerprint density at radius 2 is 1.37 bits per heavy atom. The van der Waals surface area contributed by atoms with Crippen molar-refractivity contribution >= 4 is 17.5 Å². The molecule has 0 spiro atoms. The van der Waals surface area contributed by atoms with E-state index in [1.807, 2.05) is 54.2 Å². The number of likely N-dealkylation sites (tertiary alicyclic amines) is 1. The van der Waals surface area contributed by atoms with E-state index in [0.717, 1.165) is 116 Å². The van der Waals surface area contributed by atoms with Crippen molar-refractivity contribution in [2.45, 2.75) is 96.6 Å². The van der Waals surface area contributed by atoms with Gasteiger partial charge in [0.25, 0.3) is 0 Å². The highest BCUT2D eigenvalue weighted by molar-refractivity contribution is 5.97. The van der Waals surface area contributed by atoms with Crippen molar-refractivity contribution in [1.29, 1.82) is 0 Å². The number of anilines is 2. The molecular weight excluding hydrogens is 647 g/mol. The van der Waals surface area contributed by atoms with E-state index in [9.17, 15) is 4.79 Å². The Morgan fingerprint density at radius 3 is 2.04 bits per heavy atom. The summed E-state index contributed by atoms with van der Waals surface area (Å²) in [5.41, 5.74) is 8.01. The molecule has 10 rings (SSSR count). The number of carbonyl (C=O) groups excluding carboxylic acids is 1. The first-order chi connectivity index (χ1) is 25.5. The lowest BCUT2D eigenvalue weighted by atomic mass is 10.0. The zero-order chi connectivity index (χ0) is 35.4. The lowest BCUT2D eigenvalue weighted by Crippen LogP contribution is -2.53. The quantitative estimate of drug-likeness (QED) is 0.234. The third kappa shape index (κ3) is 7.43. The molecule has 0 aromatic carbocycles. The normalized spacial score (nSPS) is 21.2. The van der Waals surface area contributed by atoms with Gasteiger partial charge in [-0.25, -0.2) is 19.3 Å². The standard InChI is InChI=1S/C21H25N5O.C15H15N4.C6H12/c1-15-13-16(7-9-22-15)18-5-6-19-20(23-18)26(17-8-12-25(19)14-17)21(27)24-10-3-2-4-11-24;1-10-8-11(4-6-16-10)13-2-3-14-15(18-13)17-12-5-7-19(14)9-12;1-2-4-6-5-3-1/h5-7,9,13,17H,2-4,8,10-12,14H2,1H3;2-4,6,8,12H,5,7,9H2,1H3;1-6H2/q;+1;/t17-;12-;/m00./s1. The maximum absolute atomic E-state index is 13.4. The molecule has 4 fully saturated rings. The fraction of sp³-hybridized carbons (Fsp3) is 0.500. The molecule has 10 nitrogen and oxygen atoms in total. The molecular formula is C42H52N9O+. The highest BCUT2D eigenvalue weighted by atomic mass is 16.2. The molecule has 0 N–H and O–H groups in total. The monoisotopic (exact) mass is 698 g/mol. The van der Waals surface area contributed by atoms with Crippen LogP contribution >= 0.6 is 0 Å². The lowest BCUT2D eigenvalue weighted by Gasteiger charge is -2.39. The van der Waals surface area contributed by atoms with Crippen LogP contribution < -0.4 is 25.2 Å². The van der Waals surface area contributed by atoms with Crippen LogP contribution in [0.3, 0.4) is 0 Å². The Kier molecular flexibility index (Phi) is 10.2. The van der Waals surface area contributed by atoms with Crippen LogP contribution in [0.5, 0.6) is 0 Å². The van der Waals surface area contributed by atoms with E-state index in [-0.39, 0.29) is 12.1 Å². The highest BCUT2D eigenvalue weighted by Gasteiger charge is 2.42. The van der Waals surface area contributed by atoms with Gasteiger partial charge in [-0.3, -0.25) is 19.9 Å². The molecule has 270 valence electrons. The van der Waals surface area contributed by atoms with Crippen LogP contribution in [-0.4, -0.2) is 82.2 Å². The number of carbonyl (C=O) groups is 1. The molecule has 10 heteroatoms. The van der Waals surface area contributed by atoms with Crippen LogP contribution in [0.15, 0.2) is 65.9 Å². The van der Waals surface area contributed by atoms with Gasteiger partial charge >= 0.3 is 6.03 Å². The summed E-state index contributed by atoms with van der Waals surface area (Å²) in [6, 6.07) is 17.3. The van der Waals surface area contributed by atoms with Gasteiger partial charge in [0, 0.05) is 73.6 Å². The molecule has 1 saturated carbocycles. The van der Waals surface area contributed by atoms with Crippen molar-refractivity contribution in [2.24, 2.45) is 4.99 Å². The SMILES string of the molecule is C1CCCCC1.Cc1cc(-c2ccc3c(n2)=N[C@H]2CC[N+]=3C2)ccn1.Cc1cc(-c2ccc3c(n2)N(C(=O)N2CCCCC2)[C@H]2CCN3C2)ccn1. The number of piperidine rings is 1. The minimum Gasteiger partial charge on any atom is -0.366 e. The summed E-state index contributed by atoms with van der Waals surface area (Å²) in [6.07, 6.45) is 18.2. The van der Waals surface area contributed by atoms with Crippen molar-refractivity contribution in [2.75, 3.05) is 49.1 Å². The number of pyridine rings is 4. The first kappa shape index (κ1) is 34.4. The fourth-order valence-corrected chi connectivity index (χ4v) is 8.51. The summed E-state index contributed by atoms with van der Waals surface area (Å²) in [5.74, 6) is 0.825. The summed E-state index contributed by atoms with van der Waals surface area (Å²) in [4.78, 5) is 42.7. The molecule has 0 unspecified atom stereocenters. The van der Waals surface area contributed by atoms with Crippen LogP contribution in [0.1, 0.15) is 82.0 Å². The van der Waals surface area contributed by atoms with E-state index >= 15 is 0 Å². The van der Waals surface area contributed by atoms with Crippen molar-refractivity contribution in [3.05, 3.63) is 83.2 Å². The molecule has 1 aliphatic carbocycles. The zero-order valence-corrected chi connectivity index (χ0v) is 30.9. The average molecular weight is 699 g/mol. The summed E-state index contributed by atoms with van der Waals surface area (Å²) in [7, 11) is 0. The summed E-state index contributed by atoms with van der Waals surface area (Å²) in [5, 5.41) is 1.18. The molecule has 52 heavy (non-hydrogen) atoms. The predicted molar refractivity (Wildman–Crippen MR) is 206 cm³/mol. The molecule has 6 aliphatic rings. The first-order valence-corrected chi connectivity index (χ1v) is 19.7. The van der Waals surface area contributed by atoms with Crippen LogP contribution in [0.2, 0.25) is 0 Å². The first-order valence-electron chi connectivity index (χ1n) is 19.7. The van der Waals surface area contributed by atoms with Gasteiger partial charge in [0.05, 0.1) is 23.1 Å². The summed E-state index contributed by atoms with van der Waals surface area (Å²) < 4.78 is 2.39. The number of hydrogen-bond donors (Lipinski definition) is 0. The predicted octanol–water partition coefficient (Wildman–Crippen LogP) is 6.15. The van der Waals surface area contributed by atoms with Gasteiger partial charge in [-0.2, -0.15) is 0 Å². The second kappa shape index (κ2) is 15.5. The molecule has 4 bridgehead atoms. The molecule has 5 aliphatic heterocycles. The zero-order valence-electron chi connectivity index (χ0n) is 30.9. The van der Waals surface area contributed by atoms with Crippen LogP contribution in [0.25, 0.3) is 22.5 Å². The molecule has 4 aromatic rings. The Labute approximate surface area is 307 Å². The van der Waals surface area contributed by atoms with E-state index in [1.165, 1.54) is 50.3 Å². The van der Waals surface area contributed by atoms with Crippen LogP contribution in [0, 0.1) is 13.8 Å². The van der Waals surface area contributed by atoms with E-state index in [0.29, 0.717) is 6.04 Å². The van der Waals surface area contributed by atoms with Crippen molar-refractivity contribution in [1.82, 2.24) is 29.4 Å². The highest BCUT2D eigenvalue weighted by Crippen LogP contribution is 2.40. The summed E-state index contributed by atoms with van der Waals surface area (Å²) in [6.45, 7) is 9.80. The van der Waals surface area contributed by atoms with Gasteiger partial charge < -0.3 is 9.80 Å². The van der Waals surface area contributed by atoms with E-state index in [4.69, 9.17) is 15.0 Å². The van der Waals surface area contributed by atoms with Gasteiger partial charge in [0.15, 0.2) is 12.4 Å². The third-order valence-corrected chi connectivity index (χ3v) is 11.3. The number of aromatic nitrogens is 4. The third-order valence-electron chi connectivity index (χ3n) is 11.3. The smallest absolute Gasteiger partial charge is 0.326 e. The maximum Gasteiger partial charge on any atom is 0.326 e. The van der Waals surface area contributed by atoms with Gasteiger partial charge in [0.2, 0.25) is 10.8 Å². The number of hydrogen-bond acceptors (Lipinski definition) is 7. The number of nitrogens with zero attached hydrogens (tertiary/aromatic N) is 9. The Bertz CT molecular complexity index is 2030. The Balaban J connectivity index is 0.000000134. The minimum absolute atomic E-state index is 0.137. The maximum atomic E-state index is 13.4. The molecule has 3 saturated heterocycles. The molecule has 2 atom stereocenters. The van der Waals surface area contributed by atoms with E-state index in [1.54, 1.807) is 0 Å². The van der Waals surface area contributed by atoms with Gasteiger partial charge in [-0.15, -0.1) is 0 Å². The van der Waals surface area contributed by atoms with E-state index < -0.39 is 0 Å². The number of rotatable bonds is 2. The Morgan fingerprint density at radius 1 is 0.731 bits per heavy atom. The van der Waals surface area contributed by atoms with Gasteiger partial charge in [-0.05, 0) is 82.0 Å². The largest absolute Gasteiger partial charge is 0.366 e. The van der Waals surface area contributed by atoms with Gasteiger partial charge in [-0.1, -0.05) is 38.5 Å². The number of aryl methyl sites for hydroxylation is 2.